The number of nitrogens with zero attached hydrogens (tertiary/aromatic N) is 2. The second-order valence-electron chi connectivity index (χ2n) is 14.0. The van der Waals surface area contributed by atoms with Gasteiger partial charge in [-0.1, -0.05) is 141 Å². The summed E-state index contributed by atoms with van der Waals surface area (Å²) in [5.74, 6) is 0. The van der Waals surface area contributed by atoms with Gasteiger partial charge in [-0.05, 0) is 109 Å². The van der Waals surface area contributed by atoms with E-state index in [9.17, 15) is 8.22 Å². The predicted octanol–water partition coefficient (Wildman–Crippen LogP) is 18.8. The Hall–Kier alpha value is -6.94. The maximum Gasteiger partial charge on any atom is 0.0652 e. The molecule has 0 unspecified atom stereocenters. The fraction of sp³-hybridized carbons (Fsp3) is 0. The van der Waals surface area contributed by atoms with Crippen molar-refractivity contribution in [1.82, 2.24) is 14.1 Å². The molecule has 0 spiro atoms. The van der Waals surface area contributed by atoms with Crippen molar-refractivity contribution in [2.45, 2.75) is 0 Å². The van der Waals surface area contributed by atoms with Crippen molar-refractivity contribution in [3.8, 4) is 11.4 Å². The molecule has 0 aliphatic heterocycles. The zero-order valence-corrected chi connectivity index (χ0v) is 38.3. The van der Waals surface area contributed by atoms with Crippen molar-refractivity contribution in [2.24, 2.45) is 0 Å². The summed E-state index contributed by atoms with van der Waals surface area (Å²) in [5.41, 5.74) is -2.77. The summed E-state index contributed by atoms with van der Waals surface area (Å²) in [4.78, 5) is 2.71. The Balaban J connectivity index is 0.000000191. The van der Waals surface area contributed by atoms with E-state index in [2.05, 4.69) is 36.8 Å². The van der Waals surface area contributed by atoms with Crippen LogP contribution in [0.4, 0.5) is 0 Å². The van der Waals surface area contributed by atoms with E-state index in [-0.39, 0.29) is 141 Å². The molecule has 15 aromatic rings. The normalized spacial score (nSPS) is 19.0. The average molecular weight is 1070 g/mol. The van der Waals surface area contributed by atoms with Gasteiger partial charge in [0.05, 0.1) is 71.4 Å². The number of para-hydroxylation sites is 6. The largest absolute Gasteiger partial charge is 0.355 e. The second-order valence-corrected chi connectivity index (χ2v) is 17.7. The third-order valence-corrected chi connectivity index (χ3v) is 13.2. The molecule has 0 saturated carbocycles. The van der Waals surface area contributed by atoms with E-state index in [1.165, 1.54) is 0 Å². The average Bonchev–Trinajstić information content (AvgIpc) is 1.53. The molecule has 0 bridgehead atoms. The van der Waals surface area contributed by atoms with E-state index >= 15 is 0 Å². The molecule has 8 heteroatoms. The molecular formula is C60H37BBr2N3S2. The van der Waals surface area contributed by atoms with Crippen molar-refractivity contribution in [1.29, 1.82) is 0 Å². The van der Waals surface area contributed by atoms with Crippen LogP contribution in [0.1, 0.15) is 49.3 Å². The van der Waals surface area contributed by atoms with Crippen LogP contribution in [0.25, 0.3) is 117 Å². The molecule has 0 aliphatic carbocycles. The molecule has 0 saturated heterocycles. The minimum absolute atomic E-state index is 0. The summed E-state index contributed by atoms with van der Waals surface area (Å²) in [6, 6.07) is -18.8. The number of aromatic amines is 1. The highest BCUT2D eigenvalue weighted by Crippen LogP contribution is 2.41. The van der Waals surface area contributed by atoms with Crippen LogP contribution in [0.3, 0.4) is 0 Å². The number of H-pyrrole nitrogens is 1. The quantitative estimate of drug-likeness (QED) is 0.167. The summed E-state index contributed by atoms with van der Waals surface area (Å²) in [6.07, 6.45) is 0. The number of benzene rings is 10. The SMILES string of the molecule is [2H]c1c(-n2c3c([2H])c([2H])c([2H])c([2H])c3c3c([2H])c([2H])c([2H])c([2H])c32)c([2H])c2c(sc3c([2H])c([2H])c(-n4c5c([2H])c([2H])c([2H])c([2H])c5c5c([2H])c([2H])c([2H])c([2H])c54)c([2H])c32)c1[2H].[2H]c1c(Br)c([2H])c2c(sc3c([2H])c([2H])c(Br)c([2H])c32)c1[2H].[2H]c1c([2H])c([2H])c2c([nH]c3c([2H])c([2H])c([2H])c([2H])c32)c1[2H].[B]. The van der Waals surface area contributed by atoms with Gasteiger partial charge in [-0.3, -0.25) is 0 Å². The summed E-state index contributed by atoms with van der Waals surface area (Å²) >= 11 is 8.07. The molecule has 321 valence electrons. The molecule has 5 aromatic heterocycles. The molecule has 5 heterocycles. The van der Waals surface area contributed by atoms with Gasteiger partial charge in [-0.2, -0.15) is 0 Å². The lowest BCUT2D eigenvalue weighted by Gasteiger charge is -2.09. The first-order chi connectivity index (χ1) is 48.1. The van der Waals surface area contributed by atoms with Gasteiger partial charge in [0.2, 0.25) is 0 Å². The molecule has 0 amide bonds. The number of rotatable bonds is 2. The molecule has 0 aliphatic rings. The molecule has 0 atom stereocenters. The minimum Gasteiger partial charge on any atom is -0.355 e. The Morgan fingerprint density at radius 2 is 0.618 bits per heavy atom. The number of thiophene rings is 2. The maximum absolute atomic E-state index is 9.70. The fourth-order valence-electron chi connectivity index (χ4n) is 7.55. The van der Waals surface area contributed by atoms with Gasteiger partial charge in [0.1, 0.15) is 0 Å². The van der Waals surface area contributed by atoms with Gasteiger partial charge in [0, 0.05) is 112 Å². The Labute approximate surface area is 468 Å². The van der Waals surface area contributed by atoms with Crippen LogP contribution in [-0.4, -0.2) is 22.5 Å². The Bertz CT molecular complexity index is 5870. The van der Waals surface area contributed by atoms with Crippen molar-refractivity contribution in [2.75, 3.05) is 0 Å². The Kier molecular flexibility index (Phi) is 4.80. The van der Waals surface area contributed by atoms with E-state index < -0.39 is 191 Å². The summed E-state index contributed by atoms with van der Waals surface area (Å²) in [5, 5.41) is -1.06. The zero-order chi connectivity index (χ0) is 75.9. The highest BCUT2D eigenvalue weighted by molar-refractivity contribution is 9.10. The molecule has 3 radical (unpaired) electrons. The smallest absolute Gasteiger partial charge is 0.0652 e. The fourth-order valence-corrected chi connectivity index (χ4v) is 9.98. The third kappa shape index (κ3) is 7.13. The lowest BCUT2D eigenvalue weighted by Crippen LogP contribution is -1.94. The highest BCUT2D eigenvalue weighted by Gasteiger charge is 2.16. The van der Waals surface area contributed by atoms with Crippen molar-refractivity contribution < 1.29 is 49.3 Å². The standard InChI is InChI=1S/C36H22N2S.C12H6Br2S.C12H9N.B/c1-5-13-31-25(9-1)26-10-2-6-14-32(26)37(31)23-17-19-35-29(21-23)30-22-24(18-20-36(30)39-35)38-33-15-7-3-11-27(33)28-12-4-8-16-34(28)38;13-7-1-3-11-9(5-7)10-6-8(14)2-4-12(10)15-11;1-3-7-11-9(5-1)10-6-2-4-8-12(10)13-11;/h1-22H;1-6H;1-8,13H;/i1D,2D,3D,4D,5D,6D,7D,8D,9D,10D,11D,12D,13D,14D,15D,16D,17D,18D,19D,20D,21D,22D;1D,2D,3D,4D,5D,6D;1D,2D,3D,4D,5D,6D,7D,8D;. The number of hydrogen-bond acceptors (Lipinski definition) is 2. The lowest BCUT2D eigenvalue weighted by molar-refractivity contribution is 1.18. The van der Waals surface area contributed by atoms with Crippen molar-refractivity contribution in [3.63, 3.8) is 0 Å². The number of halogens is 2. The van der Waals surface area contributed by atoms with Crippen LogP contribution in [-0.2, 0) is 0 Å². The van der Waals surface area contributed by atoms with E-state index in [1.807, 2.05) is 0 Å². The molecule has 0 fully saturated rings. The van der Waals surface area contributed by atoms with Gasteiger partial charge >= 0.3 is 0 Å². The first-order valence-electron chi connectivity index (χ1n) is 37.3. The summed E-state index contributed by atoms with van der Waals surface area (Å²) < 4.78 is 308. The van der Waals surface area contributed by atoms with Gasteiger partial charge in [-0.15, -0.1) is 22.7 Å². The van der Waals surface area contributed by atoms with Crippen LogP contribution >= 0.6 is 54.5 Å². The first kappa shape index (κ1) is 18.9. The van der Waals surface area contributed by atoms with Crippen LogP contribution in [0.15, 0.2) is 226 Å². The van der Waals surface area contributed by atoms with Gasteiger partial charge in [-0.25, -0.2) is 0 Å². The van der Waals surface area contributed by atoms with E-state index in [1.54, 1.807) is 0 Å². The Morgan fingerprint density at radius 1 is 0.324 bits per heavy atom. The van der Waals surface area contributed by atoms with Crippen LogP contribution in [0.2, 0.25) is 0 Å². The summed E-state index contributed by atoms with van der Waals surface area (Å²) in [7, 11) is 0. The van der Waals surface area contributed by atoms with Crippen molar-refractivity contribution in [3.05, 3.63) is 226 Å². The molecule has 3 nitrogen and oxygen atoms in total. The predicted molar refractivity (Wildman–Crippen MR) is 304 cm³/mol. The zero-order valence-electron chi connectivity index (χ0n) is 69.5. The maximum atomic E-state index is 9.70. The summed E-state index contributed by atoms with van der Waals surface area (Å²) in [6.45, 7) is 0. The van der Waals surface area contributed by atoms with E-state index in [0.717, 1.165) is 20.5 Å². The number of hydrogen-bond donors (Lipinski definition) is 1. The number of fused-ring (bicyclic) bond motifs is 15. The monoisotopic (exact) mass is 1070 g/mol. The lowest BCUT2D eigenvalue weighted by atomic mass is 10.1. The van der Waals surface area contributed by atoms with Crippen LogP contribution in [0.5, 0.6) is 0 Å². The highest BCUT2D eigenvalue weighted by atomic mass is 79.9. The molecule has 15 rings (SSSR count). The van der Waals surface area contributed by atoms with E-state index in [0.29, 0.717) is 31.5 Å². The van der Waals surface area contributed by atoms with Crippen LogP contribution in [0, 0.1) is 0 Å². The molecule has 10 aromatic carbocycles. The first-order valence-corrected chi connectivity index (χ1v) is 22.5. The van der Waals surface area contributed by atoms with Crippen LogP contribution < -0.4 is 0 Å². The van der Waals surface area contributed by atoms with E-state index in [4.69, 9.17) is 41.1 Å². The van der Waals surface area contributed by atoms with Gasteiger partial charge in [0.15, 0.2) is 0 Å². The molecule has 68 heavy (non-hydrogen) atoms. The number of aromatic nitrogens is 3. The third-order valence-electron chi connectivity index (χ3n) is 10.3. The Morgan fingerprint density at radius 3 is 0.985 bits per heavy atom. The topological polar surface area (TPSA) is 25.6 Å². The molecular weight excluding hydrogens is 997 g/mol. The van der Waals surface area contributed by atoms with Crippen molar-refractivity contribution >= 4 is 169 Å². The second kappa shape index (κ2) is 17.3. The van der Waals surface area contributed by atoms with Gasteiger partial charge in [0.25, 0.3) is 0 Å². The number of nitrogens with one attached hydrogen (secondary N) is 1. The molecule has 1 N–H and O–H groups in total. The minimum atomic E-state index is -0.773. The van der Waals surface area contributed by atoms with Gasteiger partial charge < -0.3 is 14.1 Å².